The third kappa shape index (κ3) is 8.72. The smallest absolute Gasteiger partial charge is 0.321 e. The van der Waals surface area contributed by atoms with E-state index in [2.05, 4.69) is 0 Å². The standard InChI is InChI=1S/C8H17NO6S3/c1-16-4-3-7(8(10)11)9-18(14,15)6-5-17(2,12)13/h7,9H,3-6H2,1-2H3,(H,10,11)/t7-/m1/s1. The first-order valence-corrected chi connectivity index (χ1v) is 10.1. The zero-order valence-corrected chi connectivity index (χ0v) is 12.6. The Labute approximate surface area is 111 Å². The number of thioether (sulfide) groups is 1. The van der Waals surface area contributed by atoms with Crippen LogP contribution < -0.4 is 4.72 Å². The summed E-state index contributed by atoms with van der Waals surface area (Å²) in [5, 5.41) is 8.84. The van der Waals surface area contributed by atoms with Gasteiger partial charge in [-0.25, -0.2) is 21.6 Å². The van der Waals surface area contributed by atoms with Gasteiger partial charge < -0.3 is 5.11 Å². The lowest BCUT2D eigenvalue weighted by Gasteiger charge is -2.13. The average Bonchev–Trinajstić information content (AvgIpc) is 2.20. The van der Waals surface area contributed by atoms with Gasteiger partial charge in [-0.3, -0.25) is 4.79 Å². The van der Waals surface area contributed by atoms with Crippen molar-refractivity contribution < 1.29 is 26.7 Å². The molecule has 0 heterocycles. The summed E-state index contributed by atoms with van der Waals surface area (Å²) in [6.45, 7) is 0. The molecule has 0 saturated heterocycles. The van der Waals surface area contributed by atoms with E-state index >= 15 is 0 Å². The Morgan fingerprint density at radius 2 is 1.83 bits per heavy atom. The number of hydrogen-bond acceptors (Lipinski definition) is 6. The molecule has 1 atom stereocenters. The number of hydrogen-bond donors (Lipinski definition) is 2. The molecule has 0 amide bonds. The molecule has 0 aliphatic carbocycles. The van der Waals surface area contributed by atoms with E-state index in [-0.39, 0.29) is 6.42 Å². The number of carbonyl (C=O) groups is 1. The topological polar surface area (TPSA) is 118 Å². The van der Waals surface area contributed by atoms with Gasteiger partial charge in [0.15, 0.2) is 0 Å². The Morgan fingerprint density at radius 1 is 1.28 bits per heavy atom. The molecule has 10 heteroatoms. The van der Waals surface area contributed by atoms with Crippen LogP contribution in [0, 0.1) is 0 Å². The minimum atomic E-state index is -3.91. The molecule has 0 aromatic rings. The van der Waals surface area contributed by atoms with Gasteiger partial charge in [0, 0.05) is 6.26 Å². The van der Waals surface area contributed by atoms with Gasteiger partial charge in [0.2, 0.25) is 10.0 Å². The van der Waals surface area contributed by atoms with Crippen molar-refractivity contribution in [3.05, 3.63) is 0 Å². The average molecular weight is 319 g/mol. The number of carboxylic acid groups (broad SMARTS) is 1. The van der Waals surface area contributed by atoms with Crippen molar-refractivity contribution >= 4 is 37.6 Å². The molecular formula is C8H17NO6S3. The highest BCUT2D eigenvalue weighted by molar-refractivity contribution is 7.98. The van der Waals surface area contributed by atoms with E-state index < -0.39 is 43.4 Å². The Kier molecular flexibility index (Phi) is 7.18. The van der Waals surface area contributed by atoms with Gasteiger partial charge in [-0.2, -0.15) is 11.8 Å². The molecule has 0 saturated carbocycles. The van der Waals surface area contributed by atoms with Crippen LogP contribution in [0.1, 0.15) is 6.42 Å². The maximum atomic E-state index is 11.5. The van der Waals surface area contributed by atoms with Crippen LogP contribution >= 0.6 is 11.8 Å². The molecule has 0 spiro atoms. The van der Waals surface area contributed by atoms with Crippen LogP contribution in [0.2, 0.25) is 0 Å². The highest BCUT2D eigenvalue weighted by Gasteiger charge is 2.24. The Balaban J connectivity index is 4.56. The summed E-state index contributed by atoms with van der Waals surface area (Å²) < 4.78 is 46.7. The van der Waals surface area contributed by atoms with Crippen LogP contribution in [-0.4, -0.2) is 63.7 Å². The van der Waals surface area contributed by atoms with Crippen molar-refractivity contribution in [1.29, 1.82) is 0 Å². The second-order valence-corrected chi connectivity index (χ2v) is 8.86. The Hall–Kier alpha value is -0.320. The normalized spacial score (nSPS) is 14.3. The summed E-state index contributed by atoms with van der Waals surface area (Å²) in [7, 11) is -7.31. The van der Waals surface area contributed by atoms with Crippen LogP contribution in [-0.2, 0) is 24.7 Å². The van der Waals surface area contributed by atoms with E-state index in [1.807, 2.05) is 4.72 Å². The summed E-state index contributed by atoms with van der Waals surface area (Å²) in [5.41, 5.74) is 0. The highest BCUT2D eigenvalue weighted by Crippen LogP contribution is 2.03. The molecule has 108 valence electrons. The monoisotopic (exact) mass is 319 g/mol. The van der Waals surface area contributed by atoms with Crippen molar-refractivity contribution in [3.8, 4) is 0 Å². The third-order valence-corrected chi connectivity index (χ3v) is 5.19. The Bertz CT molecular complexity index is 469. The first-order chi connectivity index (χ1) is 8.07. The van der Waals surface area contributed by atoms with Crippen molar-refractivity contribution in [2.75, 3.05) is 29.8 Å². The first kappa shape index (κ1) is 17.7. The molecule has 0 unspecified atom stereocenters. The van der Waals surface area contributed by atoms with Gasteiger partial charge in [0.25, 0.3) is 0 Å². The molecular weight excluding hydrogens is 302 g/mol. The zero-order valence-electron chi connectivity index (χ0n) is 10.1. The summed E-state index contributed by atoms with van der Waals surface area (Å²) >= 11 is 1.40. The van der Waals surface area contributed by atoms with Crippen LogP contribution in [0.25, 0.3) is 0 Å². The second-order valence-electron chi connectivity index (χ2n) is 3.74. The fraction of sp³-hybridized carbons (Fsp3) is 0.875. The van der Waals surface area contributed by atoms with Gasteiger partial charge in [0.1, 0.15) is 15.9 Å². The van der Waals surface area contributed by atoms with Gasteiger partial charge in [-0.15, -0.1) is 0 Å². The minimum Gasteiger partial charge on any atom is -0.480 e. The quantitative estimate of drug-likeness (QED) is 0.568. The molecule has 0 aliphatic heterocycles. The number of rotatable bonds is 9. The number of carboxylic acids is 1. The lowest BCUT2D eigenvalue weighted by molar-refractivity contribution is -0.139. The van der Waals surface area contributed by atoms with Gasteiger partial charge in [0.05, 0.1) is 11.5 Å². The molecule has 0 aromatic carbocycles. The van der Waals surface area contributed by atoms with Crippen LogP contribution in [0.5, 0.6) is 0 Å². The lowest BCUT2D eigenvalue weighted by Crippen LogP contribution is -2.43. The summed E-state index contributed by atoms with van der Waals surface area (Å²) in [6.07, 6.45) is 2.84. The first-order valence-electron chi connectivity index (χ1n) is 4.97. The van der Waals surface area contributed by atoms with Crippen molar-refractivity contribution in [1.82, 2.24) is 4.72 Å². The van der Waals surface area contributed by atoms with E-state index in [1.165, 1.54) is 11.8 Å². The summed E-state index contributed by atoms with van der Waals surface area (Å²) in [6, 6.07) is -1.22. The summed E-state index contributed by atoms with van der Waals surface area (Å²) in [4.78, 5) is 10.8. The third-order valence-electron chi connectivity index (χ3n) is 1.95. The number of aliphatic carboxylic acids is 1. The van der Waals surface area contributed by atoms with Gasteiger partial charge in [-0.1, -0.05) is 0 Å². The lowest BCUT2D eigenvalue weighted by atomic mass is 10.2. The molecule has 18 heavy (non-hydrogen) atoms. The maximum Gasteiger partial charge on any atom is 0.321 e. The van der Waals surface area contributed by atoms with Crippen LogP contribution in [0.3, 0.4) is 0 Å². The SMILES string of the molecule is CSCC[C@@H](NS(=O)(=O)CCS(C)(=O)=O)C(=O)O. The molecule has 0 fully saturated rings. The molecule has 0 radical (unpaired) electrons. The second kappa shape index (κ2) is 7.31. The highest BCUT2D eigenvalue weighted by atomic mass is 32.2. The fourth-order valence-corrected chi connectivity index (χ4v) is 4.34. The zero-order chi connectivity index (χ0) is 14.4. The van der Waals surface area contributed by atoms with E-state index in [1.54, 1.807) is 6.26 Å². The number of nitrogens with one attached hydrogen (secondary N) is 1. The van der Waals surface area contributed by atoms with Gasteiger partial charge >= 0.3 is 5.97 Å². The Morgan fingerprint density at radius 3 is 2.22 bits per heavy atom. The number of sulfonamides is 1. The minimum absolute atomic E-state index is 0.147. The van der Waals surface area contributed by atoms with Crippen LogP contribution in [0.15, 0.2) is 0 Å². The summed E-state index contributed by atoms with van der Waals surface area (Å²) in [5.74, 6) is -1.94. The van der Waals surface area contributed by atoms with E-state index in [4.69, 9.17) is 5.11 Å². The largest absolute Gasteiger partial charge is 0.480 e. The number of sulfone groups is 1. The predicted octanol–water partition coefficient (Wildman–Crippen LogP) is -0.843. The van der Waals surface area contributed by atoms with Crippen LogP contribution in [0.4, 0.5) is 0 Å². The molecule has 2 N–H and O–H groups in total. The van der Waals surface area contributed by atoms with Crippen molar-refractivity contribution in [2.45, 2.75) is 12.5 Å². The van der Waals surface area contributed by atoms with E-state index in [0.29, 0.717) is 5.75 Å². The van der Waals surface area contributed by atoms with E-state index in [9.17, 15) is 21.6 Å². The predicted molar refractivity (Wildman–Crippen MR) is 71.1 cm³/mol. The maximum absolute atomic E-state index is 11.5. The van der Waals surface area contributed by atoms with Crippen molar-refractivity contribution in [3.63, 3.8) is 0 Å². The molecule has 7 nitrogen and oxygen atoms in total. The van der Waals surface area contributed by atoms with Gasteiger partial charge in [-0.05, 0) is 18.4 Å². The van der Waals surface area contributed by atoms with E-state index in [0.717, 1.165) is 6.26 Å². The molecule has 0 aliphatic rings. The molecule has 0 rings (SSSR count). The molecule has 0 aromatic heterocycles. The molecule has 0 bridgehead atoms. The van der Waals surface area contributed by atoms with Crippen molar-refractivity contribution in [2.24, 2.45) is 0 Å². The fourth-order valence-electron chi connectivity index (χ4n) is 1.01.